The third-order valence-corrected chi connectivity index (χ3v) is 8.97. The maximum atomic E-state index is 13.0. The van der Waals surface area contributed by atoms with E-state index >= 15 is 0 Å². The second-order valence-corrected chi connectivity index (χ2v) is 12.4. The fraction of sp³-hybridized carbons (Fsp3) is 0.441. The van der Waals surface area contributed by atoms with Crippen molar-refractivity contribution in [1.29, 1.82) is 0 Å². The molecule has 2 aromatic heterocycles. The highest BCUT2D eigenvalue weighted by molar-refractivity contribution is 5.68. The first-order chi connectivity index (χ1) is 23.7. The Morgan fingerprint density at radius 3 is 1.84 bits per heavy atom. The SMILES string of the molecule is COC(=O)N1CC[C@H](c2cc(=O)[nH]o2)C[C@@H]1Cc1cccc(C(F)(F)F)c1.O=c1cc([C@H]2CCN[C@@H](Cc3cccc(C(F)(F)F)c3)C2)o[nH]1. The second kappa shape index (κ2) is 15.4. The number of rotatable bonds is 6. The highest BCUT2D eigenvalue weighted by Gasteiger charge is 2.36. The van der Waals surface area contributed by atoms with Gasteiger partial charge in [-0.05, 0) is 68.3 Å². The zero-order valence-corrected chi connectivity index (χ0v) is 26.9. The van der Waals surface area contributed by atoms with E-state index in [4.69, 9.17) is 13.8 Å². The monoisotopic (exact) mass is 710 g/mol. The Balaban J connectivity index is 0.000000197. The number of piperidine rings is 2. The van der Waals surface area contributed by atoms with Crippen LogP contribution in [0.1, 0.15) is 71.3 Å². The summed E-state index contributed by atoms with van der Waals surface area (Å²) in [6.45, 7) is 1.10. The minimum absolute atomic E-state index is 0.0532. The third kappa shape index (κ3) is 9.49. The standard InChI is InChI=1S/C18H19F3N2O4.C16H17F3N2O2/c1-26-17(25)23-6-5-12(15-10-16(24)22-27-15)9-14(23)8-11-3-2-4-13(7-11)18(19,20)21;17-16(18,19)12-3-1-2-10(6-12)7-13-8-11(4-5-20-13)14-9-15(22)21-23-14/h2-4,7,10,12,14H,5-6,8-9H2,1H3,(H,22,24);1-3,6,9,11,13,20H,4-5,7-8H2,(H,21,22)/t12-,14-;11-,13-/m00/s1. The van der Waals surface area contributed by atoms with Crippen molar-refractivity contribution in [3.8, 4) is 0 Å². The highest BCUT2D eigenvalue weighted by Crippen LogP contribution is 2.35. The van der Waals surface area contributed by atoms with Gasteiger partial charge in [0.2, 0.25) is 0 Å². The molecule has 3 N–H and O–H groups in total. The molecule has 2 saturated heterocycles. The van der Waals surface area contributed by atoms with Crippen LogP contribution < -0.4 is 16.4 Å². The number of amides is 1. The van der Waals surface area contributed by atoms with Gasteiger partial charge in [-0.3, -0.25) is 9.59 Å². The first-order valence-electron chi connectivity index (χ1n) is 16.0. The summed E-state index contributed by atoms with van der Waals surface area (Å²) in [5, 5.41) is 7.84. The van der Waals surface area contributed by atoms with E-state index in [0.717, 1.165) is 37.6 Å². The minimum atomic E-state index is -4.43. The summed E-state index contributed by atoms with van der Waals surface area (Å²) >= 11 is 0. The van der Waals surface area contributed by atoms with E-state index in [9.17, 15) is 40.7 Å². The Labute approximate surface area is 281 Å². The van der Waals surface area contributed by atoms with Gasteiger partial charge in [0.05, 0.1) is 18.2 Å². The number of H-pyrrole nitrogens is 2. The van der Waals surface area contributed by atoms with E-state index < -0.39 is 29.6 Å². The van der Waals surface area contributed by atoms with Crippen molar-refractivity contribution in [1.82, 2.24) is 20.5 Å². The molecule has 0 saturated carbocycles. The van der Waals surface area contributed by atoms with E-state index in [1.807, 2.05) is 0 Å². The number of halogens is 6. The van der Waals surface area contributed by atoms with Crippen molar-refractivity contribution in [2.75, 3.05) is 20.2 Å². The molecule has 10 nitrogen and oxygen atoms in total. The van der Waals surface area contributed by atoms with Gasteiger partial charge >= 0.3 is 18.4 Å². The number of methoxy groups -OCH3 is 1. The quantitative estimate of drug-likeness (QED) is 0.192. The number of hydrogen-bond acceptors (Lipinski definition) is 7. The van der Waals surface area contributed by atoms with Crippen molar-refractivity contribution >= 4 is 6.09 Å². The average molecular weight is 711 g/mol. The van der Waals surface area contributed by atoms with Crippen LogP contribution in [-0.4, -0.2) is 53.6 Å². The van der Waals surface area contributed by atoms with Crippen LogP contribution in [0.5, 0.6) is 0 Å². The molecule has 16 heteroatoms. The van der Waals surface area contributed by atoms with Crippen LogP contribution in [0.4, 0.5) is 31.1 Å². The van der Waals surface area contributed by atoms with Gasteiger partial charge in [0, 0.05) is 42.6 Å². The van der Waals surface area contributed by atoms with Crippen LogP contribution in [0.25, 0.3) is 0 Å². The molecule has 0 radical (unpaired) electrons. The predicted molar refractivity (Wildman–Crippen MR) is 168 cm³/mol. The second-order valence-electron chi connectivity index (χ2n) is 12.4. The number of hydrogen-bond donors (Lipinski definition) is 3. The molecule has 0 aliphatic carbocycles. The number of alkyl halides is 6. The molecule has 50 heavy (non-hydrogen) atoms. The lowest BCUT2D eigenvalue weighted by atomic mass is 9.86. The molecular weight excluding hydrogens is 674 g/mol. The minimum Gasteiger partial charge on any atom is -0.453 e. The normalized spacial score (nSPS) is 21.3. The molecule has 1 amide bonds. The fourth-order valence-electron chi connectivity index (χ4n) is 6.58. The molecule has 6 rings (SSSR count). The van der Waals surface area contributed by atoms with Gasteiger partial charge in [-0.25, -0.2) is 4.79 Å². The first kappa shape index (κ1) is 36.5. The molecule has 4 heterocycles. The first-order valence-corrected chi connectivity index (χ1v) is 16.0. The Morgan fingerprint density at radius 1 is 0.800 bits per heavy atom. The van der Waals surface area contributed by atoms with E-state index in [2.05, 4.69) is 15.6 Å². The van der Waals surface area contributed by atoms with E-state index in [1.165, 1.54) is 42.3 Å². The summed E-state index contributed by atoms with van der Waals surface area (Å²) in [5.74, 6) is 1.09. The number of carbonyl (C=O) groups excluding carboxylic acids is 1. The smallest absolute Gasteiger partial charge is 0.416 e. The largest absolute Gasteiger partial charge is 0.453 e. The van der Waals surface area contributed by atoms with Crippen LogP contribution in [0.2, 0.25) is 0 Å². The number of aromatic nitrogens is 2. The molecule has 4 aromatic rings. The number of aromatic amines is 2. The zero-order valence-electron chi connectivity index (χ0n) is 26.9. The molecule has 0 bridgehead atoms. The lowest BCUT2D eigenvalue weighted by Crippen LogP contribution is -2.46. The van der Waals surface area contributed by atoms with Crippen molar-refractivity contribution in [3.05, 3.63) is 115 Å². The number of nitrogens with zero attached hydrogens (tertiary/aromatic N) is 1. The molecular formula is C34H36F6N4O6. The van der Waals surface area contributed by atoms with Crippen molar-refractivity contribution in [3.63, 3.8) is 0 Å². The number of nitrogens with one attached hydrogen (secondary N) is 3. The third-order valence-electron chi connectivity index (χ3n) is 8.97. The summed E-state index contributed by atoms with van der Waals surface area (Å²) < 4.78 is 92.3. The lowest BCUT2D eigenvalue weighted by molar-refractivity contribution is -0.138. The van der Waals surface area contributed by atoms with Crippen LogP contribution in [0.3, 0.4) is 0 Å². The van der Waals surface area contributed by atoms with E-state index in [0.29, 0.717) is 48.5 Å². The summed E-state index contributed by atoms with van der Waals surface area (Å²) in [6.07, 6.45) is -5.97. The topological polar surface area (TPSA) is 134 Å². The van der Waals surface area contributed by atoms with Gasteiger partial charge in [-0.2, -0.15) is 36.7 Å². The molecule has 4 atom stereocenters. The lowest BCUT2D eigenvalue weighted by Gasteiger charge is -2.38. The van der Waals surface area contributed by atoms with Gasteiger partial charge in [-0.1, -0.05) is 36.4 Å². The van der Waals surface area contributed by atoms with Gasteiger partial charge in [0.1, 0.15) is 11.5 Å². The number of benzene rings is 2. The van der Waals surface area contributed by atoms with Gasteiger partial charge in [0.25, 0.3) is 11.1 Å². The summed E-state index contributed by atoms with van der Waals surface area (Å²) in [5.41, 5.74) is -0.858. The molecule has 2 aromatic carbocycles. The van der Waals surface area contributed by atoms with Crippen molar-refractivity contribution in [2.45, 2.75) is 74.8 Å². The van der Waals surface area contributed by atoms with Crippen LogP contribution in [0, 0.1) is 0 Å². The van der Waals surface area contributed by atoms with Crippen molar-refractivity contribution in [2.24, 2.45) is 0 Å². The Kier molecular flexibility index (Phi) is 11.3. The fourth-order valence-corrected chi connectivity index (χ4v) is 6.58. The summed E-state index contributed by atoms with van der Waals surface area (Å²) in [7, 11) is 1.26. The summed E-state index contributed by atoms with van der Waals surface area (Å²) in [4.78, 5) is 36.1. The molecule has 0 unspecified atom stereocenters. The van der Waals surface area contributed by atoms with E-state index in [-0.39, 0.29) is 41.5 Å². The number of likely N-dealkylation sites (tertiary alicyclic amines) is 1. The average Bonchev–Trinajstić information content (AvgIpc) is 3.72. The molecule has 2 fully saturated rings. The maximum Gasteiger partial charge on any atom is 0.416 e. The molecule has 0 spiro atoms. The van der Waals surface area contributed by atoms with Crippen LogP contribution >= 0.6 is 0 Å². The Bertz CT molecular complexity index is 1840. The van der Waals surface area contributed by atoms with Gasteiger partial charge < -0.3 is 24.0 Å². The highest BCUT2D eigenvalue weighted by atomic mass is 19.4. The molecule has 270 valence electrons. The predicted octanol–water partition coefficient (Wildman–Crippen LogP) is 6.61. The Morgan fingerprint density at radius 2 is 1.34 bits per heavy atom. The van der Waals surface area contributed by atoms with Crippen LogP contribution in [0.15, 0.2) is 79.3 Å². The number of carbonyl (C=O) groups is 1. The summed E-state index contributed by atoms with van der Waals surface area (Å²) in [6, 6.07) is 13.0. The van der Waals surface area contributed by atoms with Crippen molar-refractivity contribution < 1.29 is 44.9 Å². The van der Waals surface area contributed by atoms with Crippen LogP contribution in [-0.2, 0) is 29.9 Å². The van der Waals surface area contributed by atoms with Gasteiger partial charge in [-0.15, -0.1) is 0 Å². The molecule has 2 aliphatic rings. The number of ether oxygens (including phenoxy) is 1. The molecule has 2 aliphatic heterocycles. The van der Waals surface area contributed by atoms with Gasteiger partial charge in [0.15, 0.2) is 0 Å². The maximum absolute atomic E-state index is 13.0. The van der Waals surface area contributed by atoms with E-state index in [1.54, 1.807) is 12.1 Å². The zero-order chi connectivity index (χ0) is 36.1. The Hall–Kier alpha value is -4.73.